The maximum Gasteiger partial charge on any atom is 0.221 e. The molecular weight excluding hydrogens is 314 g/mol. The standard InChI is InChI=1S/C17H27N3O2.ClH/c1-22-15-7-5-14(6-8-15)16(13-19-17(21)9-10-18)20-11-3-2-4-12-20;/h5-8,16H,2-4,9-13,18H2,1H3,(H,19,21);1H. The van der Waals surface area contributed by atoms with Gasteiger partial charge < -0.3 is 15.8 Å². The molecule has 23 heavy (non-hydrogen) atoms. The molecule has 0 aliphatic carbocycles. The lowest BCUT2D eigenvalue weighted by Crippen LogP contribution is -2.40. The third kappa shape index (κ3) is 6.01. The Morgan fingerprint density at radius 2 is 1.91 bits per heavy atom. The molecule has 1 aliphatic heterocycles. The number of likely N-dealkylation sites (tertiary alicyclic amines) is 1. The fourth-order valence-electron chi connectivity index (χ4n) is 2.94. The van der Waals surface area contributed by atoms with E-state index in [0.29, 0.717) is 19.5 Å². The van der Waals surface area contributed by atoms with Crippen LogP contribution >= 0.6 is 12.4 Å². The third-order valence-corrected chi connectivity index (χ3v) is 4.20. The van der Waals surface area contributed by atoms with Crippen LogP contribution in [0.4, 0.5) is 0 Å². The Bertz CT molecular complexity index is 461. The summed E-state index contributed by atoms with van der Waals surface area (Å²) in [6.45, 7) is 3.20. The van der Waals surface area contributed by atoms with Crippen molar-refractivity contribution in [2.24, 2.45) is 5.73 Å². The number of benzene rings is 1. The molecule has 130 valence electrons. The second-order valence-electron chi connectivity index (χ2n) is 5.73. The lowest BCUT2D eigenvalue weighted by molar-refractivity contribution is -0.121. The first-order chi connectivity index (χ1) is 10.7. The van der Waals surface area contributed by atoms with Crippen molar-refractivity contribution in [2.45, 2.75) is 31.7 Å². The number of hydrogen-bond acceptors (Lipinski definition) is 4. The van der Waals surface area contributed by atoms with Gasteiger partial charge in [-0.2, -0.15) is 0 Å². The number of piperidine rings is 1. The highest BCUT2D eigenvalue weighted by atomic mass is 35.5. The summed E-state index contributed by atoms with van der Waals surface area (Å²) in [5.74, 6) is 0.881. The van der Waals surface area contributed by atoms with Gasteiger partial charge in [-0.15, -0.1) is 12.4 Å². The monoisotopic (exact) mass is 341 g/mol. The average Bonchev–Trinajstić information content (AvgIpc) is 2.57. The van der Waals surface area contributed by atoms with Crippen LogP contribution in [0.15, 0.2) is 24.3 Å². The van der Waals surface area contributed by atoms with E-state index >= 15 is 0 Å². The van der Waals surface area contributed by atoms with Crippen LogP contribution in [-0.2, 0) is 4.79 Å². The van der Waals surface area contributed by atoms with Crippen molar-refractivity contribution >= 4 is 18.3 Å². The van der Waals surface area contributed by atoms with Gasteiger partial charge in [-0.1, -0.05) is 18.6 Å². The van der Waals surface area contributed by atoms with Gasteiger partial charge in [0, 0.05) is 19.5 Å². The van der Waals surface area contributed by atoms with Gasteiger partial charge in [-0.3, -0.25) is 9.69 Å². The van der Waals surface area contributed by atoms with E-state index in [0.717, 1.165) is 18.8 Å². The topological polar surface area (TPSA) is 67.6 Å². The first-order valence-corrected chi connectivity index (χ1v) is 8.09. The fourth-order valence-corrected chi connectivity index (χ4v) is 2.94. The molecule has 0 bridgehead atoms. The first-order valence-electron chi connectivity index (χ1n) is 8.09. The van der Waals surface area contributed by atoms with Gasteiger partial charge in [-0.25, -0.2) is 0 Å². The maximum absolute atomic E-state index is 11.7. The van der Waals surface area contributed by atoms with E-state index < -0.39 is 0 Å². The number of halogens is 1. The second kappa shape index (κ2) is 10.5. The van der Waals surface area contributed by atoms with E-state index in [1.54, 1.807) is 7.11 Å². The van der Waals surface area contributed by atoms with E-state index in [2.05, 4.69) is 22.3 Å². The van der Waals surface area contributed by atoms with Crippen LogP contribution in [0, 0.1) is 0 Å². The Balaban J connectivity index is 0.00000264. The van der Waals surface area contributed by atoms with E-state index in [1.807, 2.05) is 12.1 Å². The minimum absolute atomic E-state index is 0. The molecule has 1 aromatic rings. The van der Waals surface area contributed by atoms with Gasteiger partial charge in [-0.05, 0) is 43.6 Å². The Morgan fingerprint density at radius 3 is 2.48 bits per heavy atom. The van der Waals surface area contributed by atoms with Crippen LogP contribution < -0.4 is 15.8 Å². The lowest BCUT2D eigenvalue weighted by atomic mass is 10.0. The molecule has 6 heteroatoms. The quantitative estimate of drug-likeness (QED) is 0.797. The summed E-state index contributed by atoms with van der Waals surface area (Å²) in [7, 11) is 1.67. The van der Waals surface area contributed by atoms with Crippen molar-refractivity contribution in [3.63, 3.8) is 0 Å². The van der Waals surface area contributed by atoms with Crippen LogP contribution in [0.5, 0.6) is 5.75 Å². The largest absolute Gasteiger partial charge is 0.497 e. The molecule has 1 saturated heterocycles. The minimum atomic E-state index is 0. The number of rotatable bonds is 7. The summed E-state index contributed by atoms with van der Waals surface area (Å²) >= 11 is 0. The highest BCUT2D eigenvalue weighted by Crippen LogP contribution is 2.25. The summed E-state index contributed by atoms with van der Waals surface area (Å²) in [5, 5.41) is 3.02. The number of nitrogens with one attached hydrogen (secondary N) is 1. The van der Waals surface area contributed by atoms with Crippen LogP contribution in [0.3, 0.4) is 0 Å². The fraction of sp³-hybridized carbons (Fsp3) is 0.588. The molecular formula is C17H28ClN3O2. The van der Waals surface area contributed by atoms with Crippen molar-refractivity contribution in [1.29, 1.82) is 0 Å². The van der Waals surface area contributed by atoms with Crippen molar-refractivity contribution < 1.29 is 9.53 Å². The van der Waals surface area contributed by atoms with Gasteiger partial charge in [0.1, 0.15) is 5.75 Å². The molecule has 1 aromatic carbocycles. The van der Waals surface area contributed by atoms with E-state index in [-0.39, 0.29) is 24.4 Å². The number of hydrogen-bond donors (Lipinski definition) is 2. The number of carbonyl (C=O) groups excluding carboxylic acids is 1. The highest BCUT2D eigenvalue weighted by Gasteiger charge is 2.22. The predicted molar refractivity (Wildman–Crippen MR) is 95.1 cm³/mol. The van der Waals surface area contributed by atoms with Gasteiger partial charge in [0.05, 0.1) is 13.2 Å². The van der Waals surface area contributed by atoms with Crippen LogP contribution in [0.2, 0.25) is 0 Å². The summed E-state index contributed by atoms with van der Waals surface area (Å²) < 4.78 is 5.23. The first kappa shape index (κ1) is 19.7. The molecule has 3 N–H and O–H groups in total. The number of nitrogens with zero attached hydrogens (tertiary/aromatic N) is 1. The van der Waals surface area contributed by atoms with Crippen LogP contribution in [0.25, 0.3) is 0 Å². The Kier molecular flexibility index (Phi) is 8.99. The Hall–Kier alpha value is -1.30. The molecule has 1 atom stereocenters. The molecule has 1 amide bonds. The Morgan fingerprint density at radius 1 is 1.26 bits per heavy atom. The number of amides is 1. The lowest BCUT2D eigenvalue weighted by Gasteiger charge is -2.35. The van der Waals surface area contributed by atoms with Crippen molar-refractivity contribution in [1.82, 2.24) is 10.2 Å². The molecule has 0 saturated carbocycles. The molecule has 1 heterocycles. The average molecular weight is 342 g/mol. The van der Waals surface area contributed by atoms with Gasteiger partial charge in [0.15, 0.2) is 0 Å². The molecule has 0 radical (unpaired) electrons. The molecule has 5 nitrogen and oxygen atoms in total. The van der Waals surface area contributed by atoms with Crippen LogP contribution in [0.1, 0.15) is 37.3 Å². The summed E-state index contributed by atoms with van der Waals surface area (Å²) in [5.41, 5.74) is 6.65. The smallest absolute Gasteiger partial charge is 0.221 e. The van der Waals surface area contributed by atoms with Crippen molar-refractivity contribution in [2.75, 3.05) is 33.3 Å². The van der Waals surface area contributed by atoms with E-state index in [9.17, 15) is 4.79 Å². The molecule has 0 spiro atoms. The Labute approximate surface area is 145 Å². The number of methoxy groups -OCH3 is 1. The molecule has 1 fully saturated rings. The molecule has 2 rings (SSSR count). The minimum Gasteiger partial charge on any atom is -0.497 e. The number of carbonyl (C=O) groups is 1. The SMILES string of the molecule is COc1ccc(C(CNC(=O)CCN)N2CCCCC2)cc1.Cl. The highest BCUT2D eigenvalue weighted by molar-refractivity contribution is 5.85. The predicted octanol–water partition coefficient (Wildman–Crippen LogP) is 2.11. The van der Waals surface area contributed by atoms with Crippen LogP contribution in [-0.4, -0.2) is 44.1 Å². The summed E-state index contributed by atoms with van der Waals surface area (Å²) in [6, 6.07) is 8.36. The number of nitrogens with two attached hydrogens (primary N) is 1. The van der Waals surface area contributed by atoms with Gasteiger partial charge in [0.25, 0.3) is 0 Å². The van der Waals surface area contributed by atoms with E-state index in [1.165, 1.54) is 24.8 Å². The number of ether oxygens (including phenoxy) is 1. The normalized spacial score (nSPS) is 16.3. The zero-order chi connectivity index (χ0) is 15.8. The second-order valence-corrected chi connectivity index (χ2v) is 5.73. The maximum atomic E-state index is 11.7. The van der Waals surface area contributed by atoms with E-state index in [4.69, 9.17) is 10.5 Å². The molecule has 1 aliphatic rings. The summed E-state index contributed by atoms with van der Waals surface area (Å²) in [6.07, 6.45) is 4.13. The molecule has 1 unspecified atom stereocenters. The molecule has 0 aromatic heterocycles. The van der Waals surface area contributed by atoms with Crippen molar-refractivity contribution in [3.8, 4) is 5.75 Å². The third-order valence-electron chi connectivity index (χ3n) is 4.20. The van der Waals surface area contributed by atoms with Gasteiger partial charge in [0.2, 0.25) is 5.91 Å². The summed E-state index contributed by atoms with van der Waals surface area (Å²) in [4.78, 5) is 14.2. The van der Waals surface area contributed by atoms with Gasteiger partial charge >= 0.3 is 0 Å². The zero-order valence-electron chi connectivity index (χ0n) is 13.8. The van der Waals surface area contributed by atoms with Crippen molar-refractivity contribution in [3.05, 3.63) is 29.8 Å². The zero-order valence-corrected chi connectivity index (χ0v) is 14.6.